The third kappa shape index (κ3) is 5.43. The number of likely N-dealkylation sites (N-methyl/N-ethyl adjacent to an activating group) is 1. The quantitative estimate of drug-likeness (QED) is 0.777. The van der Waals surface area contributed by atoms with Crippen LogP contribution in [0.2, 0.25) is 0 Å². The van der Waals surface area contributed by atoms with Gasteiger partial charge in [-0.3, -0.25) is 9.59 Å². The van der Waals surface area contributed by atoms with Crippen molar-refractivity contribution in [3.05, 3.63) is 65.7 Å². The molecule has 25 heavy (non-hydrogen) atoms. The highest BCUT2D eigenvalue weighted by Gasteiger charge is 2.13. The molecular weight excluding hydrogens is 314 g/mol. The first-order valence-corrected chi connectivity index (χ1v) is 8.61. The van der Waals surface area contributed by atoms with E-state index in [0.29, 0.717) is 23.4 Å². The number of carbonyl (C=O) groups excluding carboxylic acids is 2. The molecule has 0 aliphatic rings. The van der Waals surface area contributed by atoms with Crippen LogP contribution < -0.4 is 10.6 Å². The molecule has 0 fully saturated rings. The number of nitrogens with zero attached hydrogens (tertiary/aromatic N) is 1. The molecule has 2 rings (SSSR count). The number of benzene rings is 2. The first kappa shape index (κ1) is 18.7. The van der Waals surface area contributed by atoms with Crippen LogP contribution in [0.4, 0.5) is 5.69 Å². The number of anilines is 1. The summed E-state index contributed by atoms with van der Waals surface area (Å²) in [6.07, 6.45) is 0. The largest absolute Gasteiger partial charge is 0.351 e. The number of hydrogen-bond acceptors (Lipinski definition) is 3. The summed E-state index contributed by atoms with van der Waals surface area (Å²) in [6.45, 7) is 7.48. The standard InChI is InChI=1S/C20H25N3O2/c1-3-23(4-2)15-14-21-20(25)17-12-8-9-13-18(17)22-19(24)16-10-6-5-7-11-16/h5-13H,3-4,14-15H2,1-2H3,(H,21,25)(H,22,24). The second-order valence-electron chi connectivity index (χ2n) is 5.65. The molecule has 132 valence electrons. The molecule has 2 amide bonds. The van der Waals surface area contributed by atoms with E-state index in [1.165, 1.54) is 0 Å². The van der Waals surface area contributed by atoms with Crippen LogP contribution in [0.15, 0.2) is 54.6 Å². The molecule has 0 heterocycles. The lowest BCUT2D eigenvalue weighted by Crippen LogP contribution is -2.35. The highest BCUT2D eigenvalue weighted by molar-refractivity contribution is 6.08. The van der Waals surface area contributed by atoms with Crippen LogP contribution in [-0.2, 0) is 0 Å². The predicted octanol–water partition coefficient (Wildman–Crippen LogP) is 3.01. The fraction of sp³-hybridized carbons (Fsp3) is 0.300. The van der Waals surface area contributed by atoms with Crippen LogP contribution in [-0.4, -0.2) is 42.9 Å². The summed E-state index contributed by atoms with van der Waals surface area (Å²) in [4.78, 5) is 27.0. The van der Waals surface area contributed by atoms with Gasteiger partial charge in [-0.1, -0.05) is 44.2 Å². The molecule has 2 aromatic carbocycles. The molecule has 5 heteroatoms. The summed E-state index contributed by atoms with van der Waals surface area (Å²) in [5.74, 6) is -0.417. The molecule has 2 N–H and O–H groups in total. The smallest absolute Gasteiger partial charge is 0.255 e. The van der Waals surface area contributed by atoms with Crippen molar-refractivity contribution < 1.29 is 9.59 Å². The number of rotatable bonds is 8. The Morgan fingerprint density at radius 3 is 2.20 bits per heavy atom. The van der Waals surface area contributed by atoms with Crippen molar-refractivity contribution in [2.75, 3.05) is 31.5 Å². The molecular formula is C20H25N3O2. The summed E-state index contributed by atoms with van der Waals surface area (Å²) in [7, 11) is 0. The Kier molecular flexibility index (Phi) is 7.16. The lowest BCUT2D eigenvalue weighted by Gasteiger charge is -2.18. The Hall–Kier alpha value is -2.66. The van der Waals surface area contributed by atoms with E-state index in [1.54, 1.807) is 48.5 Å². The van der Waals surface area contributed by atoms with E-state index >= 15 is 0 Å². The zero-order valence-electron chi connectivity index (χ0n) is 14.8. The van der Waals surface area contributed by atoms with Crippen molar-refractivity contribution >= 4 is 17.5 Å². The van der Waals surface area contributed by atoms with Gasteiger partial charge in [0.15, 0.2) is 0 Å². The van der Waals surface area contributed by atoms with E-state index in [4.69, 9.17) is 0 Å². The van der Waals surface area contributed by atoms with E-state index in [2.05, 4.69) is 29.4 Å². The first-order valence-electron chi connectivity index (χ1n) is 8.61. The van der Waals surface area contributed by atoms with E-state index in [1.807, 2.05) is 6.07 Å². The molecule has 0 aliphatic carbocycles. The van der Waals surface area contributed by atoms with Gasteiger partial charge in [-0.2, -0.15) is 0 Å². The number of para-hydroxylation sites is 1. The Morgan fingerprint density at radius 1 is 0.880 bits per heavy atom. The van der Waals surface area contributed by atoms with Crippen LogP contribution in [0, 0.1) is 0 Å². The summed E-state index contributed by atoms with van der Waals surface area (Å²) in [5.41, 5.74) is 1.53. The van der Waals surface area contributed by atoms with Crippen LogP contribution in [0.1, 0.15) is 34.6 Å². The second-order valence-corrected chi connectivity index (χ2v) is 5.65. The Morgan fingerprint density at radius 2 is 1.52 bits per heavy atom. The Balaban J connectivity index is 2.02. The molecule has 2 aromatic rings. The minimum atomic E-state index is -0.232. The minimum Gasteiger partial charge on any atom is -0.351 e. The van der Waals surface area contributed by atoms with Crippen LogP contribution in [0.25, 0.3) is 0 Å². The second kappa shape index (κ2) is 9.59. The molecule has 0 spiro atoms. The summed E-state index contributed by atoms with van der Waals surface area (Å²) >= 11 is 0. The summed E-state index contributed by atoms with van der Waals surface area (Å²) in [6, 6.07) is 16.0. The predicted molar refractivity (Wildman–Crippen MR) is 101 cm³/mol. The van der Waals surface area contributed by atoms with Gasteiger partial charge >= 0.3 is 0 Å². The number of amides is 2. The SMILES string of the molecule is CCN(CC)CCNC(=O)c1ccccc1NC(=O)c1ccccc1. The molecule has 0 aromatic heterocycles. The first-order chi connectivity index (χ1) is 12.2. The monoisotopic (exact) mass is 339 g/mol. The van der Waals surface area contributed by atoms with Gasteiger partial charge in [-0.05, 0) is 37.4 Å². The van der Waals surface area contributed by atoms with Gasteiger partial charge < -0.3 is 15.5 Å². The average Bonchev–Trinajstić information content (AvgIpc) is 2.66. The van der Waals surface area contributed by atoms with Crippen molar-refractivity contribution in [2.45, 2.75) is 13.8 Å². The van der Waals surface area contributed by atoms with Crippen molar-refractivity contribution in [2.24, 2.45) is 0 Å². The maximum atomic E-state index is 12.5. The molecule has 0 unspecified atom stereocenters. The van der Waals surface area contributed by atoms with E-state index in [9.17, 15) is 9.59 Å². The average molecular weight is 339 g/mol. The van der Waals surface area contributed by atoms with Gasteiger partial charge in [0.1, 0.15) is 0 Å². The number of nitrogens with one attached hydrogen (secondary N) is 2. The van der Waals surface area contributed by atoms with Gasteiger partial charge in [0.2, 0.25) is 0 Å². The van der Waals surface area contributed by atoms with E-state index < -0.39 is 0 Å². The van der Waals surface area contributed by atoms with E-state index in [0.717, 1.165) is 19.6 Å². The van der Waals surface area contributed by atoms with Crippen LogP contribution in [0.3, 0.4) is 0 Å². The normalized spacial score (nSPS) is 10.5. The van der Waals surface area contributed by atoms with Crippen molar-refractivity contribution in [3.8, 4) is 0 Å². The topological polar surface area (TPSA) is 61.4 Å². The van der Waals surface area contributed by atoms with Gasteiger partial charge in [-0.25, -0.2) is 0 Å². The fourth-order valence-electron chi connectivity index (χ4n) is 2.54. The maximum absolute atomic E-state index is 12.5. The van der Waals surface area contributed by atoms with Crippen molar-refractivity contribution in [1.29, 1.82) is 0 Å². The fourth-order valence-corrected chi connectivity index (χ4v) is 2.54. The number of carbonyl (C=O) groups is 2. The molecule has 0 atom stereocenters. The summed E-state index contributed by atoms with van der Waals surface area (Å²) < 4.78 is 0. The number of hydrogen-bond donors (Lipinski definition) is 2. The van der Waals surface area contributed by atoms with Gasteiger partial charge in [0.05, 0.1) is 11.3 Å². The highest BCUT2D eigenvalue weighted by Crippen LogP contribution is 2.16. The maximum Gasteiger partial charge on any atom is 0.255 e. The molecule has 0 bridgehead atoms. The van der Waals surface area contributed by atoms with Crippen LogP contribution in [0.5, 0.6) is 0 Å². The van der Waals surface area contributed by atoms with Gasteiger partial charge in [0, 0.05) is 18.7 Å². The lowest BCUT2D eigenvalue weighted by atomic mass is 10.1. The molecule has 0 saturated carbocycles. The van der Waals surface area contributed by atoms with Crippen LogP contribution >= 0.6 is 0 Å². The Bertz CT molecular complexity index is 697. The molecule has 0 saturated heterocycles. The summed E-state index contributed by atoms with van der Waals surface area (Å²) in [5, 5.41) is 5.74. The molecule has 0 aliphatic heterocycles. The van der Waals surface area contributed by atoms with Crippen molar-refractivity contribution in [3.63, 3.8) is 0 Å². The van der Waals surface area contributed by atoms with Gasteiger partial charge in [0.25, 0.3) is 11.8 Å². The zero-order chi connectivity index (χ0) is 18.1. The molecule has 5 nitrogen and oxygen atoms in total. The zero-order valence-corrected chi connectivity index (χ0v) is 14.8. The lowest BCUT2D eigenvalue weighted by molar-refractivity contribution is 0.0950. The highest BCUT2D eigenvalue weighted by atomic mass is 16.2. The van der Waals surface area contributed by atoms with E-state index in [-0.39, 0.29) is 11.8 Å². The molecule has 0 radical (unpaired) electrons. The third-order valence-electron chi connectivity index (χ3n) is 4.06. The third-order valence-corrected chi connectivity index (χ3v) is 4.06. The van der Waals surface area contributed by atoms with Crippen molar-refractivity contribution in [1.82, 2.24) is 10.2 Å². The Labute approximate surface area is 149 Å². The van der Waals surface area contributed by atoms with Gasteiger partial charge in [-0.15, -0.1) is 0 Å². The minimum absolute atomic E-state index is 0.184.